The van der Waals surface area contributed by atoms with Gasteiger partial charge in [0, 0.05) is 63.3 Å². The number of sulfonamides is 1. The third-order valence-corrected chi connectivity index (χ3v) is 8.87. The molecular weight excluding hydrogens is 516 g/mol. The second-order valence-corrected chi connectivity index (χ2v) is 11.9. The van der Waals surface area contributed by atoms with E-state index >= 15 is 0 Å². The van der Waals surface area contributed by atoms with E-state index < -0.39 is 10.0 Å². The lowest BCUT2D eigenvalue weighted by Crippen LogP contribution is -2.49. The topological polar surface area (TPSA) is 91.4 Å². The van der Waals surface area contributed by atoms with Gasteiger partial charge in [0.1, 0.15) is 23.0 Å². The number of amides is 1. The molecule has 2 aliphatic heterocycles. The Kier molecular flexibility index (Phi) is 9.31. The minimum absolute atomic E-state index is 0.0952. The van der Waals surface area contributed by atoms with Crippen LogP contribution >= 0.6 is 11.6 Å². The second-order valence-electron chi connectivity index (χ2n) is 9.54. The van der Waals surface area contributed by atoms with Crippen molar-refractivity contribution >= 4 is 27.5 Å². The number of carbonyl (C=O) groups excluding carboxylic acids is 1. The van der Waals surface area contributed by atoms with Gasteiger partial charge in [0.25, 0.3) is 0 Å². The molecule has 1 amide bonds. The number of hydrogen-bond donors (Lipinski definition) is 1. The van der Waals surface area contributed by atoms with Gasteiger partial charge in [0.2, 0.25) is 15.9 Å². The summed E-state index contributed by atoms with van der Waals surface area (Å²) in [5.41, 5.74) is 1.15. The number of carbonyl (C=O) groups is 1. The number of ether oxygens (including phenoxy) is 2. The Bertz CT molecular complexity index is 1190. The average molecular weight is 551 g/mol. The average Bonchev–Trinajstić information content (AvgIpc) is 3.28. The van der Waals surface area contributed by atoms with Crippen molar-refractivity contribution in [2.75, 3.05) is 60.0 Å². The molecule has 1 atom stereocenters. The van der Waals surface area contributed by atoms with Crippen LogP contribution in [0.1, 0.15) is 18.4 Å². The molecular formula is C26H35ClN4O5S. The summed E-state index contributed by atoms with van der Waals surface area (Å²) in [5, 5.41) is 3.37. The highest BCUT2D eigenvalue weighted by Crippen LogP contribution is 2.30. The Morgan fingerprint density at radius 3 is 2.62 bits per heavy atom. The Hall–Kier alpha value is -2.37. The van der Waals surface area contributed by atoms with E-state index in [9.17, 15) is 13.2 Å². The van der Waals surface area contributed by atoms with Crippen LogP contribution in [0.3, 0.4) is 0 Å². The number of likely N-dealkylation sites (N-methyl/N-ethyl adjacent to an activating group) is 1. The maximum atomic E-state index is 13.2. The Balaban J connectivity index is 1.22. The molecule has 0 saturated carbocycles. The fourth-order valence-electron chi connectivity index (χ4n) is 4.78. The molecule has 2 fully saturated rings. The van der Waals surface area contributed by atoms with Crippen molar-refractivity contribution in [2.45, 2.75) is 30.3 Å². The van der Waals surface area contributed by atoms with Crippen molar-refractivity contribution in [3.05, 3.63) is 53.1 Å². The van der Waals surface area contributed by atoms with Crippen molar-refractivity contribution in [2.24, 2.45) is 0 Å². The zero-order valence-corrected chi connectivity index (χ0v) is 22.9. The molecule has 37 heavy (non-hydrogen) atoms. The number of hydrogen-bond acceptors (Lipinski definition) is 7. The van der Waals surface area contributed by atoms with Crippen LogP contribution < -0.4 is 14.8 Å². The Morgan fingerprint density at radius 1 is 1.14 bits per heavy atom. The van der Waals surface area contributed by atoms with Gasteiger partial charge in [-0.2, -0.15) is 4.31 Å². The lowest BCUT2D eigenvalue weighted by molar-refractivity contribution is -0.119. The molecule has 0 radical (unpaired) electrons. The van der Waals surface area contributed by atoms with E-state index in [1.165, 1.54) is 17.5 Å². The van der Waals surface area contributed by atoms with Crippen molar-refractivity contribution in [1.29, 1.82) is 0 Å². The van der Waals surface area contributed by atoms with Gasteiger partial charge >= 0.3 is 0 Å². The van der Waals surface area contributed by atoms with Crippen LogP contribution in [-0.4, -0.2) is 94.5 Å². The number of piperazine rings is 1. The maximum Gasteiger partial charge on any atom is 0.246 e. The zero-order chi connectivity index (χ0) is 26.4. The van der Waals surface area contributed by atoms with Gasteiger partial charge in [0.15, 0.2) is 0 Å². The third-order valence-electron chi connectivity index (χ3n) is 6.72. The monoisotopic (exact) mass is 550 g/mol. The fraction of sp³-hybridized carbons (Fsp3) is 0.500. The number of nitrogens with zero attached hydrogens (tertiary/aromatic N) is 3. The second kappa shape index (κ2) is 12.4. The Morgan fingerprint density at radius 2 is 1.92 bits per heavy atom. The summed E-state index contributed by atoms with van der Waals surface area (Å²) in [4.78, 5) is 15.9. The quantitative estimate of drug-likeness (QED) is 0.459. The van der Waals surface area contributed by atoms with E-state index in [0.717, 1.165) is 30.8 Å². The summed E-state index contributed by atoms with van der Waals surface area (Å²) >= 11 is 6.05. The molecule has 0 bridgehead atoms. The summed E-state index contributed by atoms with van der Waals surface area (Å²) in [6.07, 6.45) is 1.50. The van der Waals surface area contributed by atoms with E-state index in [1.54, 1.807) is 12.1 Å². The molecule has 2 aliphatic rings. The van der Waals surface area contributed by atoms with Crippen LogP contribution in [0, 0.1) is 0 Å². The summed E-state index contributed by atoms with van der Waals surface area (Å²) in [7, 11) is -0.193. The number of halogens is 1. The molecule has 0 aromatic heterocycles. The zero-order valence-electron chi connectivity index (χ0n) is 21.4. The third kappa shape index (κ3) is 7.36. The largest absolute Gasteiger partial charge is 0.495 e. The molecule has 1 N–H and O–H groups in total. The summed E-state index contributed by atoms with van der Waals surface area (Å²) in [5.74, 6) is 1.24. The first kappa shape index (κ1) is 27.7. The lowest BCUT2D eigenvalue weighted by Gasteiger charge is -2.34. The van der Waals surface area contributed by atoms with Crippen molar-refractivity contribution < 1.29 is 22.7 Å². The van der Waals surface area contributed by atoms with Gasteiger partial charge in [0.05, 0.1) is 7.11 Å². The molecule has 2 heterocycles. The smallest absolute Gasteiger partial charge is 0.246 e. The van der Waals surface area contributed by atoms with Gasteiger partial charge in [-0.3, -0.25) is 9.69 Å². The summed E-state index contributed by atoms with van der Waals surface area (Å²) in [6, 6.07) is 12.9. The van der Waals surface area contributed by atoms with Crippen molar-refractivity contribution in [3.63, 3.8) is 0 Å². The van der Waals surface area contributed by atoms with E-state index in [4.69, 9.17) is 21.1 Å². The minimum atomic E-state index is -3.70. The standard InChI is InChI=1S/C26H35ClN4O5S/c1-29(19-22-7-9-26(32)28-22)18-20-4-3-5-23(16-20)36-15-14-30-10-12-31(13-11-30)37(33,34)25-17-21(27)6-8-24(25)35-2/h3-6,8,16-17,22H,7,9-15,18-19H2,1-2H3,(H,28,32)/t22-/m0/s1. The van der Waals surface area contributed by atoms with E-state index in [1.807, 2.05) is 18.2 Å². The first-order valence-electron chi connectivity index (χ1n) is 12.5. The number of benzene rings is 2. The van der Waals surface area contributed by atoms with Crippen LogP contribution in [-0.2, 0) is 21.4 Å². The molecule has 9 nitrogen and oxygen atoms in total. The van der Waals surface area contributed by atoms with Crippen LogP contribution in [0.2, 0.25) is 5.02 Å². The molecule has 0 spiro atoms. The summed E-state index contributed by atoms with van der Waals surface area (Å²) in [6.45, 7) is 4.84. The Labute approximate surface area is 224 Å². The number of rotatable bonds is 11. The van der Waals surface area contributed by atoms with E-state index in [-0.39, 0.29) is 16.8 Å². The molecule has 2 aromatic rings. The number of methoxy groups -OCH3 is 1. The minimum Gasteiger partial charge on any atom is -0.495 e. The van der Waals surface area contributed by atoms with Crippen LogP contribution in [0.4, 0.5) is 0 Å². The summed E-state index contributed by atoms with van der Waals surface area (Å²) < 4.78 is 39.1. The van der Waals surface area contributed by atoms with Crippen LogP contribution in [0.25, 0.3) is 0 Å². The van der Waals surface area contributed by atoms with Crippen LogP contribution in [0.15, 0.2) is 47.4 Å². The van der Waals surface area contributed by atoms with Gasteiger partial charge in [-0.1, -0.05) is 23.7 Å². The predicted molar refractivity (Wildman–Crippen MR) is 143 cm³/mol. The molecule has 4 rings (SSSR count). The highest BCUT2D eigenvalue weighted by Gasteiger charge is 2.31. The lowest BCUT2D eigenvalue weighted by atomic mass is 10.1. The SMILES string of the molecule is COc1ccc(Cl)cc1S(=O)(=O)N1CCN(CCOc2cccc(CN(C)C[C@@H]3CCC(=O)N3)c2)CC1. The van der Waals surface area contributed by atoms with Gasteiger partial charge in [-0.15, -0.1) is 0 Å². The van der Waals surface area contributed by atoms with E-state index in [2.05, 4.69) is 28.2 Å². The molecule has 0 unspecified atom stereocenters. The fourth-order valence-corrected chi connectivity index (χ4v) is 6.62. The molecule has 11 heteroatoms. The van der Waals surface area contributed by atoms with Gasteiger partial charge < -0.3 is 19.7 Å². The predicted octanol–water partition coefficient (Wildman–Crippen LogP) is 2.44. The molecule has 2 aromatic carbocycles. The first-order valence-corrected chi connectivity index (χ1v) is 14.3. The highest BCUT2D eigenvalue weighted by atomic mass is 35.5. The first-order chi connectivity index (χ1) is 17.7. The number of nitrogens with one attached hydrogen (secondary N) is 1. The van der Waals surface area contributed by atoms with Crippen LogP contribution in [0.5, 0.6) is 11.5 Å². The normalized spacial score (nSPS) is 19.2. The molecule has 202 valence electrons. The van der Waals surface area contributed by atoms with Crippen molar-refractivity contribution in [1.82, 2.24) is 19.4 Å². The van der Waals surface area contributed by atoms with Gasteiger partial charge in [-0.25, -0.2) is 8.42 Å². The van der Waals surface area contributed by atoms with Crippen molar-refractivity contribution in [3.8, 4) is 11.5 Å². The van der Waals surface area contributed by atoms with Gasteiger partial charge in [-0.05, 0) is 49.4 Å². The molecule has 0 aliphatic carbocycles. The van der Waals surface area contributed by atoms with E-state index in [0.29, 0.717) is 56.5 Å². The molecule has 2 saturated heterocycles. The maximum absolute atomic E-state index is 13.2. The highest BCUT2D eigenvalue weighted by molar-refractivity contribution is 7.89.